The van der Waals surface area contributed by atoms with Gasteiger partial charge in [-0.1, -0.05) is 13.8 Å². The third kappa shape index (κ3) is 2.16. The van der Waals surface area contributed by atoms with Crippen LogP contribution in [0.5, 0.6) is 0 Å². The molecule has 1 aromatic heterocycles. The van der Waals surface area contributed by atoms with Crippen molar-refractivity contribution in [3.8, 4) is 0 Å². The van der Waals surface area contributed by atoms with E-state index in [1.165, 1.54) is 17.8 Å². The predicted octanol–water partition coefficient (Wildman–Crippen LogP) is 3.40. The van der Waals surface area contributed by atoms with E-state index in [1.54, 1.807) is 11.3 Å². The molecule has 3 heteroatoms. The first-order chi connectivity index (χ1) is 7.53. The standard InChI is InChI=1S/C13H22N2S/c1-9(2)11-7-13(8-11,15-10(3)4)12-14-5-6-16-12/h5-6,9-11,15H,7-8H2,1-4H3. The normalized spacial score (nSPS) is 29.8. The summed E-state index contributed by atoms with van der Waals surface area (Å²) in [7, 11) is 0. The Morgan fingerprint density at radius 1 is 1.38 bits per heavy atom. The summed E-state index contributed by atoms with van der Waals surface area (Å²) in [4.78, 5) is 4.51. The monoisotopic (exact) mass is 238 g/mol. The SMILES string of the molecule is CC(C)NC1(c2nccs2)CC(C(C)C)C1. The Hall–Kier alpha value is -0.410. The van der Waals surface area contributed by atoms with E-state index in [-0.39, 0.29) is 5.54 Å². The van der Waals surface area contributed by atoms with Gasteiger partial charge in [0.1, 0.15) is 5.01 Å². The van der Waals surface area contributed by atoms with Crippen molar-refractivity contribution in [3.63, 3.8) is 0 Å². The fourth-order valence-corrected chi connectivity index (χ4v) is 3.50. The zero-order valence-corrected chi connectivity index (χ0v) is 11.5. The van der Waals surface area contributed by atoms with Crippen LogP contribution in [0.4, 0.5) is 0 Å². The molecular formula is C13H22N2S. The average molecular weight is 238 g/mol. The molecule has 0 unspecified atom stereocenters. The van der Waals surface area contributed by atoms with Gasteiger partial charge in [-0.3, -0.25) is 0 Å². The van der Waals surface area contributed by atoms with Crippen molar-refractivity contribution in [2.75, 3.05) is 0 Å². The van der Waals surface area contributed by atoms with Crippen LogP contribution in [0.2, 0.25) is 0 Å². The largest absolute Gasteiger partial charge is 0.303 e. The third-order valence-electron chi connectivity index (χ3n) is 3.57. The number of hydrogen-bond donors (Lipinski definition) is 1. The highest BCUT2D eigenvalue weighted by atomic mass is 32.1. The number of nitrogens with zero attached hydrogens (tertiary/aromatic N) is 1. The Morgan fingerprint density at radius 3 is 2.50 bits per heavy atom. The van der Waals surface area contributed by atoms with E-state index in [0.29, 0.717) is 6.04 Å². The molecular weight excluding hydrogens is 216 g/mol. The number of aromatic nitrogens is 1. The number of thiazole rings is 1. The second-order valence-electron chi connectivity index (χ2n) is 5.63. The lowest BCUT2D eigenvalue weighted by Crippen LogP contribution is -2.55. The molecule has 0 aliphatic heterocycles. The summed E-state index contributed by atoms with van der Waals surface area (Å²) >= 11 is 1.79. The van der Waals surface area contributed by atoms with E-state index >= 15 is 0 Å². The molecule has 1 saturated carbocycles. The second-order valence-corrected chi connectivity index (χ2v) is 6.53. The van der Waals surface area contributed by atoms with Gasteiger partial charge in [-0.25, -0.2) is 4.98 Å². The molecule has 1 N–H and O–H groups in total. The average Bonchev–Trinajstić information content (AvgIpc) is 2.62. The molecule has 0 amide bonds. The highest BCUT2D eigenvalue weighted by molar-refractivity contribution is 7.09. The summed E-state index contributed by atoms with van der Waals surface area (Å²) < 4.78 is 0. The van der Waals surface area contributed by atoms with Crippen molar-refractivity contribution in [2.24, 2.45) is 11.8 Å². The molecule has 2 nitrogen and oxygen atoms in total. The van der Waals surface area contributed by atoms with E-state index in [4.69, 9.17) is 0 Å². The van der Waals surface area contributed by atoms with Crippen LogP contribution in [-0.4, -0.2) is 11.0 Å². The molecule has 0 saturated heterocycles. The zero-order chi connectivity index (χ0) is 11.8. The highest BCUT2D eigenvalue weighted by Gasteiger charge is 2.48. The summed E-state index contributed by atoms with van der Waals surface area (Å²) in [5.41, 5.74) is 0.178. The summed E-state index contributed by atoms with van der Waals surface area (Å²) in [5.74, 6) is 1.65. The third-order valence-corrected chi connectivity index (χ3v) is 4.55. The molecule has 0 radical (unpaired) electrons. The molecule has 0 spiro atoms. The molecule has 1 heterocycles. The molecule has 1 aliphatic rings. The van der Waals surface area contributed by atoms with Gasteiger partial charge in [-0.15, -0.1) is 11.3 Å². The molecule has 1 aromatic rings. The summed E-state index contributed by atoms with van der Waals surface area (Å²) in [5, 5.41) is 7.09. The van der Waals surface area contributed by atoms with Crippen LogP contribution >= 0.6 is 11.3 Å². The molecule has 1 fully saturated rings. The minimum absolute atomic E-state index is 0.178. The Bertz CT molecular complexity index is 324. The fraction of sp³-hybridized carbons (Fsp3) is 0.769. The van der Waals surface area contributed by atoms with E-state index in [0.717, 1.165) is 11.8 Å². The van der Waals surface area contributed by atoms with Gasteiger partial charge in [0.05, 0.1) is 5.54 Å². The lowest BCUT2D eigenvalue weighted by molar-refractivity contribution is 0.0599. The van der Waals surface area contributed by atoms with Crippen LogP contribution in [0.3, 0.4) is 0 Å². The van der Waals surface area contributed by atoms with Gasteiger partial charge in [-0.05, 0) is 38.5 Å². The quantitative estimate of drug-likeness (QED) is 0.869. The first-order valence-electron chi connectivity index (χ1n) is 6.21. The van der Waals surface area contributed by atoms with Crippen molar-refractivity contribution in [1.82, 2.24) is 10.3 Å². The molecule has 1 aliphatic carbocycles. The van der Waals surface area contributed by atoms with Crippen LogP contribution in [0.1, 0.15) is 45.5 Å². The van der Waals surface area contributed by atoms with Crippen molar-refractivity contribution >= 4 is 11.3 Å². The van der Waals surface area contributed by atoms with Gasteiger partial charge in [0.2, 0.25) is 0 Å². The maximum Gasteiger partial charge on any atom is 0.113 e. The van der Waals surface area contributed by atoms with E-state index in [9.17, 15) is 0 Å². The Balaban J connectivity index is 2.12. The van der Waals surface area contributed by atoms with Gasteiger partial charge in [0, 0.05) is 17.6 Å². The maximum absolute atomic E-state index is 4.51. The molecule has 0 aromatic carbocycles. The van der Waals surface area contributed by atoms with Crippen LogP contribution < -0.4 is 5.32 Å². The van der Waals surface area contributed by atoms with Crippen molar-refractivity contribution < 1.29 is 0 Å². The number of rotatable bonds is 4. The molecule has 0 bridgehead atoms. The van der Waals surface area contributed by atoms with E-state index in [2.05, 4.69) is 43.4 Å². The van der Waals surface area contributed by atoms with E-state index < -0.39 is 0 Å². The van der Waals surface area contributed by atoms with Gasteiger partial charge < -0.3 is 5.32 Å². The lowest BCUT2D eigenvalue weighted by Gasteiger charge is -2.50. The van der Waals surface area contributed by atoms with Gasteiger partial charge in [0.25, 0.3) is 0 Å². The smallest absolute Gasteiger partial charge is 0.113 e. The molecule has 90 valence electrons. The second kappa shape index (κ2) is 4.46. The lowest BCUT2D eigenvalue weighted by atomic mass is 9.64. The van der Waals surface area contributed by atoms with Gasteiger partial charge >= 0.3 is 0 Å². The van der Waals surface area contributed by atoms with Crippen LogP contribution in [0, 0.1) is 11.8 Å². The number of hydrogen-bond acceptors (Lipinski definition) is 3. The van der Waals surface area contributed by atoms with Crippen LogP contribution in [-0.2, 0) is 5.54 Å². The Morgan fingerprint density at radius 2 is 2.06 bits per heavy atom. The topological polar surface area (TPSA) is 24.9 Å². The minimum atomic E-state index is 0.178. The Labute approximate surface area is 102 Å². The molecule has 0 atom stereocenters. The summed E-state index contributed by atoms with van der Waals surface area (Å²) in [6.45, 7) is 9.09. The molecule has 2 rings (SSSR count). The summed E-state index contributed by atoms with van der Waals surface area (Å²) in [6, 6.07) is 0.525. The highest BCUT2D eigenvalue weighted by Crippen LogP contribution is 2.49. The maximum atomic E-state index is 4.51. The predicted molar refractivity (Wildman–Crippen MR) is 69.6 cm³/mol. The van der Waals surface area contributed by atoms with Crippen molar-refractivity contribution in [2.45, 2.75) is 52.1 Å². The molecule has 16 heavy (non-hydrogen) atoms. The zero-order valence-electron chi connectivity index (χ0n) is 10.7. The van der Waals surface area contributed by atoms with E-state index in [1.807, 2.05) is 6.20 Å². The van der Waals surface area contributed by atoms with Crippen molar-refractivity contribution in [1.29, 1.82) is 0 Å². The number of nitrogens with one attached hydrogen (secondary N) is 1. The first-order valence-corrected chi connectivity index (χ1v) is 7.09. The van der Waals surface area contributed by atoms with Crippen molar-refractivity contribution in [3.05, 3.63) is 16.6 Å². The minimum Gasteiger partial charge on any atom is -0.303 e. The van der Waals surface area contributed by atoms with Gasteiger partial charge in [-0.2, -0.15) is 0 Å². The van der Waals surface area contributed by atoms with Crippen LogP contribution in [0.15, 0.2) is 11.6 Å². The fourth-order valence-electron chi connectivity index (χ4n) is 2.67. The van der Waals surface area contributed by atoms with Gasteiger partial charge in [0.15, 0.2) is 0 Å². The Kier molecular flexibility index (Phi) is 3.36. The van der Waals surface area contributed by atoms with Crippen LogP contribution in [0.25, 0.3) is 0 Å². The first kappa shape index (κ1) is 12.1. The summed E-state index contributed by atoms with van der Waals surface area (Å²) in [6.07, 6.45) is 4.42.